The third-order valence-electron chi connectivity index (χ3n) is 5.57. The highest BCUT2D eigenvalue weighted by atomic mass is 32.1. The number of hydroxylamine groups is 1. The van der Waals surface area contributed by atoms with Crippen molar-refractivity contribution in [2.24, 2.45) is 0 Å². The van der Waals surface area contributed by atoms with Crippen LogP contribution >= 0.6 is 11.3 Å². The summed E-state index contributed by atoms with van der Waals surface area (Å²) in [7, 11) is 0. The van der Waals surface area contributed by atoms with Gasteiger partial charge in [-0.25, -0.2) is 18.6 Å². The van der Waals surface area contributed by atoms with Crippen LogP contribution in [0.4, 0.5) is 30.1 Å². The summed E-state index contributed by atoms with van der Waals surface area (Å²) < 4.78 is 32.6. The zero-order valence-corrected chi connectivity index (χ0v) is 19.7. The fraction of sp³-hybridized carbons (Fsp3) is 0.160. The molecule has 0 unspecified atom stereocenters. The van der Waals surface area contributed by atoms with Crippen molar-refractivity contribution < 1.29 is 23.5 Å². The van der Waals surface area contributed by atoms with Crippen LogP contribution in [0.25, 0.3) is 21.7 Å². The Labute approximate surface area is 209 Å². The molecule has 0 bridgehead atoms. The van der Waals surface area contributed by atoms with E-state index in [4.69, 9.17) is 9.72 Å². The Morgan fingerprint density at radius 1 is 1.06 bits per heavy atom. The Morgan fingerprint density at radius 3 is 2.58 bits per heavy atom. The maximum absolute atomic E-state index is 13.9. The third-order valence-corrected chi connectivity index (χ3v) is 6.73. The van der Waals surface area contributed by atoms with E-state index in [9.17, 15) is 18.8 Å². The van der Waals surface area contributed by atoms with Crippen LogP contribution < -0.4 is 15.3 Å². The molecule has 1 fully saturated rings. The van der Waals surface area contributed by atoms with Gasteiger partial charge < -0.3 is 15.0 Å². The number of morpholine rings is 1. The van der Waals surface area contributed by atoms with Gasteiger partial charge in [0.2, 0.25) is 0 Å². The third kappa shape index (κ3) is 5.03. The van der Waals surface area contributed by atoms with Crippen molar-refractivity contribution in [1.82, 2.24) is 9.97 Å². The summed E-state index contributed by atoms with van der Waals surface area (Å²) in [4.78, 5) is 24.6. The highest BCUT2D eigenvalue weighted by Gasteiger charge is 2.22. The minimum absolute atomic E-state index is 0.162. The number of anilines is 3. The Bertz CT molecular complexity index is 1380. The molecule has 4 aromatic rings. The van der Waals surface area contributed by atoms with E-state index < -0.39 is 17.7 Å². The second kappa shape index (κ2) is 10.4. The number of benzene rings is 2. The molecule has 8 nitrogen and oxygen atoms in total. The van der Waals surface area contributed by atoms with Crippen LogP contribution in [0.1, 0.15) is 0 Å². The lowest BCUT2D eigenvalue weighted by atomic mass is 10.1. The number of hydrogen-bond donors (Lipinski definition) is 2. The van der Waals surface area contributed by atoms with Gasteiger partial charge in [-0.05, 0) is 42.0 Å². The lowest BCUT2D eigenvalue weighted by Crippen LogP contribution is -2.36. The zero-order chi connectivity index (χ0) is 25.1. The molecule has 0 saturated carbocycles. The van der Waals surface area contributed by atoms with Gasteiger partial charge >= 0.3 is 6.03 Å². The predicted octanol–water partition coefficient (Wildman–Crippen LogP) is 5.41. The van der Waals surface area contributed by atoms with Crippen LogP contribution in [-0.2, 0) is 4.74 Å². The molecule has 2 aromatic heterocycles. The Balaban J connectivity index is 1.46. The molecule has 0 atom stereocenters. The van der Waals surface area contributed by atoms with E-state index in [1.807, 2.05) is 18.2 Å². The lowest BCUT2D eigenvalue weighted by Gasteiger charge is -2.26. The quantitative estimate of drug-likeness (QED) is 0.276. The molecule has 2 aromatic carbocycles. The first-order valence-corrected chi connectivity index (χ1v) is 11.9. The van der Waals surface area contributed by atoms with Crippen molar-refractivity contribution in [2.75, 3.05) is 41.6 Å². The summed E-state index contributed by atoms with van der Waals surface area (Å²) in [6.45, 7) is 2.71. The molecule has 0 radical (unpaired) electrons. The molecule has 0 aliphatic carbocycles. The molecule has 0 spiro atoms. The molecule has 1 saturated heterocycles. The topological polar surface area (TPSA) is 90.8 Å². The van der Waals surface area contributed by atoms with Gasteiger partial charge in [-0.15, -0.1) is 0 Å². The summed E-state index contributed by atoms with van der Waals surface area (Å²) >= 11 is 1.50. The number of pyridine rings is 1. The number of amides is 2. The largest absolute Gasteiger partial charge is 0.378 e. The molecule has 1 aliphatic rings. The monoisotopic (exact) mass is 509 g/mol. The molecule has 36 heavy (non-hydrogen) atoms. The predicted molar refractivity (Wildman–Crippen MR) is 133 cm³/mol. The van der Waals surface area contributed by atoms with Crippen LogP contribution in [0.15, 0.2) is 67.0 Å². The number of nitrogens with one attached hydrogen (secondary N) is 1. The van der Waals surface area contributed by atoms with Crippen LogP contribution in [0.2, 0.25) is 0 Å². The summed E-state index contributed by atoms with van der Waals surface area (Å²) in [6.07, 6.45) is 3.38. The smallest absolute Gasteiger partial charge is 0.350 e. The van der Waals surface area contributed by atoms with Crippen molar-refractivity contribution in [2.45, 2.75) is 0 Å². The van der Waals surface area contributed by atoms with Gasteiger partial charge in [-0.2, -0.15) is 5.06 Å². The second-order valence-electron chi connectivity index (χ2n) is 7.93. The van der Waals surface area contributed by atoms with E-state index in [-0.39, 0.29) is 11.4 Å². The van der Waals surface area contributed by atoms with Gasteiger partial charge in [-0.3, -0.25) is 10.2 Å². The average molecular weight is 510 g/mol. The van der Waals surface area contributed by atoms with E-state index >= 15 is 0 Å². The van der Waals surface area contributed by atoms with Crippen molar-refractivity contribution in [3.05, 3.63) is 78.6 Å². The highest BCUT2D eigenvalue weighted by Crippen LogP contribution is 2.41. The van der Waals surface area contributed by atoms with Crippen molar-refractivity contribution >= 4 is 33.9 Å². The molecule has 2 amide bonds. The highest BCUT2D eigenvalue weighted by molar-refractivity contribution is 7.19. The van der Waals surface area contributed by atoms with E-state index in [1.54, 1.807) is 30.6 Å². The minimum atomic E-state index is -0.995. The minimum Gasteiger partial charge on any atom is -0.378 e. The number of hydrogen-bond acceptors (Lipinski definition) is 7. The molecule has 2 N–H and O–H groups in total. The van der Waals surface area contributed by atoms with Crippen LogP contribution in [0.3, 0.4) is 0 Å². The van der Waals surface area contributed by atoms with Gasteiger partial charge in [0.15, 0.2) is 5.13 Å². The van der Waals surface area contributed by atoms with E-state index in [2.05, 4.69) is 15.2 Å². The molecule has 1 aliphatic heterocycles. The number of halogens is 2. The maximum atomic E-state index is 13.9. The van der Waals surface area contributed by atoms with Gasteiger partial charge in [0, 0.05) is 37.1 Å². The Hall–Kier alpha value is -3.93. The van der Waals surface area contributed by atoms with Crippen LogP contribution in [0.5, 0.6) is 0 Å². The number of carbonyl (C=O) groups excluding carboxylic acids is 1. The summed E-state index contributed by atoms with van der Waals surface area (Å²) in [5, 5.41) is 14.0. The van der Waals surface area contributed by atoms with Crippen molar-refractivity contribution in [1.29, 1.82) is 0 Å². The first-order valence-electron chi connectivity index (χ1n) is 11.1. The van der Waals surface area contributed by atoms with Crippen LogP contribution in [0, 0.1) is 11.6 Å². The average Bonchev–Trinajstić information content (AvgIpc) is 3.37. The molecular weight excluding hydrogens is 488 g/mol. The Kier molecular flexibility index (Phi) is 6.85. The second-order valence-corrected chi connectivity index (χ2v) is 8.90. The normalized spacial score (nSPS) is 13.5. The molecule has 3 heterocycles. The number of urea groups is 1. The number of ether oxygens (including phenoxy) is 1. The fourth-order valence-electron chi connectivity index (χ4n) is 3.75. The number of carbonyl (C=O) groups is 1. The van der Waals surface area contributed by atoms with E-state index in [0.29, 0.717) is 24.3 Å². The van der Waals surface area contributed by atoms with Gasteiger partial charge in [0.1, 0.15) is 11.6 Å². The number of nitrogens with zero attached hydrogens (tertiary/aromatic N) is 4. The molecule has 5 rings (SSSR count). The maximum Gasteiger partial charge on any atom is 0.350 e. The Morgan fingerprint density at radius 2 is 1.83 bits per heavy atom. The molecule has 11 heteroatoms. The number of aromatic nitrogens is 2. The van der Waals surface area contributed by atoms with Crippen molar-refractivity contribution in [3.63, 3.8) is 0 Å². The summed E-state index contributed by atoms with van der Waals surface area (Å²) in [6, 6.07) is 12.2. The van der Waals surface area contributed by atoms with Gasteiger partial charge in [0.25, 0.3) is 0 Å². The summed E-state index contributed by atoms with van der Waals surface area (Å²) in [5.74, 6) is -1.72. The fourth-order valence-corrected chi connectivity index (χ4v) is 4.89. The number of rotatable bonds is 5. The first kappa shape index (κ1) is 23.8. The SMILES string of the molecule is O=C(Nc1ccc(F)cc1F)N(O)c1cccc(-c2sc(N3CCOCC3)nc2-c2ccncc2)c1. The number of thiazole rings is 1. The zero-order valence-electron chi connectivity index (χ0n) is 18.9. The summed E-state index contributed by atoms with van der Waals surface area (Å²) in [5.41, 5.74) is 2.27. The van der Waals surface area contributed by atoms with Gasteiger partial charge in [-0.1, -0.05) is 23.5 Å². The van der Waals surface area contributed by atoms with E-state index in [1.165, 1.54) is 11.3 Å². The van der Waals surface area contributed by atoms with Crippen LogP contribution in [-0.4, -0.2) is 47.5 Å². The molecular formula is C25H21F2N5O3S. The molecule has 184 valence electrons. The standard InChI is InChI=1S/C25H21F2N5O3S/c26-18-4-5-21(20(27)15-18)29-24(33)32(34)19-3-1-2-17(14-19)23-22(16-6-8-28-9-7-16)30-25(36-23)31-10-12-35-13-11-31/h1-9,14-15,34H,10-13H2,(H,29,33). The first-order chi connectivity index (χ1) is 17.5. The lowest BCUT2D eigenvalue weighted by molar-refractivity contribution is 0.122. The van der Waals surface area contributed by atoms with E-state index in [0.717, 1.165) is 52.1 Å². The van der Waals surface area contributed by atoms with Crippen molar-refractivity contribution in [3.8, 4) is 21.7 Å². The van der Waals surface area contributed by atoms with Gasteiger partial charge in [0.05, 0.1) is 35.2 Å².